The topological polar surface area (TPSA) is 113 Å². The number of rotatable bonds is 16. The normalized spacial score (nSPS) is 11.2. The summed E-state index contributed by atoms with van der Waals surface area (Å²) >= 11 is 0. The van der Waals surface area contributed by atoms with E-state index < -0.39 is 14.2 Å². The van der Waals surface area contributed by atoms with Crippen molar-refractivity contribution >= 4 is 57.5 Å². The van der Waals surface area contributed by atoms with Gasteiger partial charge in [-0.05, 0) is 97.0 Å². The molecule has 0 amide bonds. The molecule has 0 spiro atoms. The Bertz CT molecular complexity index is 2250. The van der Waals surface area contributed by atoms with Crippen LogP contribution < -0.4 is 16.7 Å². The summed E-state index contributed by atoms with van der Waals surface area (Å²) in [5, 5.41) is 46.5. The van der Waals surface area contributed by atoms with Gasteiger partial charge in [0.25, 0.3) is 0 Å². The van der Waals surface area contributed by atoms with E-state index >= 15 is 0 Å². The van der Waals surface area contributed by atoms with Crippen LogP contribution in [0.15, 0.2) is 127 Å². The van der Waals surface area contributed by atoms with E-state index in [2.05, 4.69) is 103 Å². The fourth-order valence-corrected chi connectivity index (χ4v) is 7.68. The molecule has 0 saturated carbocycles. The van der Waals surface area contributed by atoms with Crippen LogP contribution in [0.5, 0.6) is 0 Å². The SMILES string of the molecule is CC.CCCCN(Cc1ccc(CN)cc1)Cc1ccccc1B(O)O.CCCN(Cc1ccccc1B(O)O)Cc1ccc2ccc3cccc4ccc1c2c34. The molecule has 0 radical (unpaired) electrons. The van der Waals surface area contributed by atoms with Gasteiger partial charge >= 0.3 is 14.2 Å². The summed E-state index contributed by atoms with van der Waals surface area (Å²) in [7, 11) is -2.88. The molecule has 0 bridgehead atoms. The van der Waals surface area contributed by atoms with Gasteiger partial charge in [0.1, 0.15) is 0 Å². The number of hydrogen-bond donors (Lipinski definition) is 5. The van der Waals surface area contributed by atoms with Gasteiger partial charge < -0.3 is 25.8 Å². The highest BCUT2D eigenvalue weighted by Crippen LogP contribution is 2.36. The van der Waals surface area contributed by atoms with Crippen LogP contribution in [-0.4, -0.2) is 57.2 Å². The first kappa shape index (κ1) is 43.6. The van der Waals surface area contributed by atoms with Crippen LogP contribution in [0.3, 0.4) is 0 Å². The molecule has 0 atom stereocenters. The summed E-state index contributed by atoms with van der Waals surface area (Å²) in [6, 6.07) is 43.4. The van der Waals surface area contributed by atoms with Crippen molar-refractivity contribution in [1.82, 2.24) is 9.80 Å². The van der Waals surface area contributed by atoms with Crippen molar-refractivity contribution in [2.24, 2.45) is 5.73 Å². The van der Waals surface area contributed by atoms with E-state index in [0.717, 1.165) is 62.1 Å². The molecule has 0 heterocycles. The van der Waals surface area contributed by atoms with E-state index in [9.17, 15) is 20.1 Å². The minimum Gasteiger partial charge on any atom is -0.423 e. The Morgan fingerprint density at radius 3 is 1.51 bits per heavy atom. The smallest absolute Gasteiger partial charge is 0.423 e. The second-order valence-corrected chi connectivity index (χ2v) is 14.5. The maximum absolute atomic E-state index is 9.77. The van der Waals surface area contributed by atoms with Crippen molar-refractivity contribution in [2.45, 2.75) is 79.7 Å². The summed E-state index contributed by atoms with van der Waals surface area (Å²) < 4.78 is 0. The van der Waals surface area contributed by atoms with E-state index in [1.54, 1.807) is 12.1 Å². The highest BCUT2D eigenvalue weighted by molar-refractivity contribution is 6.59. The minimum atomic E-state index is -1.45. The Labute approximate surface area is 340 Å². The molecule has 0 saturated heterocycles. The number of hydrogen-bond acceptors (Lipinski definition) is 7. The monoisotopic (exact) mass is 763 g/mol. The van der Waals surface area contributed by atoms with Gasteiger partial charge in [0.05, 0.1) is 0 Å². The number of benzene rings is 7. The largest absolute Gasteiger partial charge is 0.488 e. The standard InChI is InChI=1S/C27H26BNO2.C19H27BN2O2.C2H6/c1-2-16-29(18-23-6-3-4-9-25(23)28(30)31)17-22-13-12-21-11-10-19-7-5-8-20-14-15-24(22)27(21)26(19)20;1-2-3-12-22(14-17-10-8-16(13-21)9-11-17)15-18-6-4-5-7-19(18)20(23)24;1-2/h3-15,30-31H,2,16-18H2,1H3;4-11,23-24H,2-3,12-15,21H2,1H3;1-2H3. The lowest BCUT2D eigenvalue weighted by Gasteiger charge is -2.24. The lowest BCUT2D eigenvalue weighted by atomic mass is 9.77. The molecule has 7 rings (SSSR count). The Kier molecular flexibility index (Phi) is 16.7. The molecule has 7 nitrogen and oxygen atoms in total. The van der Waals surface area contributed by atoms with Crippen LogP contribution in [0.2, 0.25) is 0 Å². The molecule has 0 aliphatic heterocycles. The molecule has 0 unspecified atom stereocenters. The Balaban J connectivity index is 0.000000216. The van der Waals surface area contributed by atoms with Gasteiger partial charge in [-0.3, -0.25) is 9.80 Å². The van der Waals surface area contributed by atoms with Gasteiger partial charge in [0, 0.05) is 32.7 Å². The third-order valence-corrected chi connectivity index (χ3v) is 10.5. The molecule has 57 heavy (non-hydrogen) atoms. The van der Waals surface area contributed by atoms with E-state index in [1.165, 1.54) is 43.4 Å². The third-order valence-electron chi connectivity index (χ3n) is 10.5. The van der Waals surface area contributed by atoms with Crippen molar-refractivity contribution in [3.63, 3.8) is 0 Å². The second-order valence-electron chi connectivity index (χ2n) is 14.5. The van der Waals surface area contributed by atoms with Gasteiger partial charge in [-0.15, -0.1) is 0 Å². The van der Waals surface area contributed by atoms with Crippen LogP contribution in [-0.2, 0) is 32.7 Å². The van der Waals surface area contributed by atoms with Crippen molar-refractivity contribution in [1.29, 1.82) is 0 Å². The quantitative estimate of drug-likeness (QED) is 0.0518. The number of unbranched alkanes of at least 4 members (excludes halogenated alkanes) is 1. The molecule has 6 N–H and O–H groups in total. The summed E-state index contributed by atoms with van der Waals surface area (Å²) in [6.45, 7) is 13.9. The van der Waals surface area contributed by atoms with Gasteiger partial charge in [-0.2, -0.15) is 0 Å². The summed E-state index contributed by atoms with van der Waals surface area (Å²) in [5.74, 6) is 0. The summed E-state index contributed by atoms with van der Waals surface area (Å²) in [4.78, 5) is 4.75. The fraction of sp³-hybridized carbons (Fsp3) is 0.292. The van der Waals surface area contributed by atoms with Crippen LogP contribution in [0.25, 0.3) is 32.3 Å². The minimum absolute atomic E-state index is 0.557. The average Bonchev–Trinajstić information content (AvgIpc) is 3.24. The molecule has 0 fully saturated rings. The molecule has 9 heteroatoms. The van der Waals surface area contributed by atoms with Crippen molar-refractivity contribution < 1.29 is 20.1 Å². The Hall–Kier alpha value is -4.57. The molecular formula is C48H59B2N3O4. The molecule has 7 aromatic rings. The van der Waals surface area contributed by atoms with Crippen LogP contribution >= 0.6 is 0 Å². The van der Waals surface area contributed by atoms with E-state index in [4.69, 9.17) is 5.73 Å². The zero-order chi connectivity index (χ0) is 40.7. The lowest BCUT2D eigenvalue weighted by molar-refractivity contribution is 0.253. The van der Waals surface area contributed by atoms with E-state index in [-0.39, 0.29) is 0 Å². The number of nitrogens with two attached hydrogens (primary N) is 1. The van der Waals surface area contributed by atoms with Gasteiger partial charge in [-0.25, -0.2) is 0 Å². The van der Waals surface area contributed by atoms with Crippen molar-refractivity contribution in [3.8, 4) is 0 Å². The highest BCUT2D eigenvalue weighted by Gasteiger charge is 2.19. The van der Waals surface area contributed by atoms with Crippen LogP contribution in [0.4, 0.5) is 0 Å². The molecular weight excluding hydrogens is 704 g/mol. The maximum atomic E-state index is 9.77. The first-order valence-corrected chi connectivity index (χ1v) is 20.5. The first-order valence-electron chi connectivity index (χ1n) is 20.5. The fourth-order valence-electron chi connectivity index (χ4n) is 7.68. The molecule has 0 aliphatic rings. The summed E-state index contributed by atoms with van der Waals surface area (Å²) in [6.07, 6.45) is 3.29. The summed E-state index contributed by atoms with van der Waals surface area (Å²) in [5.41, 5.74) is 12.4. The highest BCUT2D eigenvalue weighted by atomic mass is 16.4. The Morgan fingerprint density at radius 2 is 0.965 bits per heavy atom. The van der Waals surface area contributed by atoms with Crippen molar-refractivity contribution in [3.05, 3.63) is 155 Å². The zero-order valence-corrected chi connectivity index (χ0v) is 34.1. The predicted molar refractivity (Wildman–Crippen MR) is 242 cm³/mol. The lowest BCUT2D eigenvalue weighted by Crippen LogP contribution is -2.36. The maximum Gasteiger partial charge on any atom is 0.488 e. The zero-order valence-electron chi connectivity index (χ0n) is 34.1. The van der Waals surface area contributed by atoms with Gasteiger partial charge in [-0.1, -0.05) is 162 Å². The predicted octanol–water partition coefficient (Wildman–Crippen LogP) is 7.33. The van der Waals surface area contributed by atoms with Crippen molar-refractivity contribution in [2.75, 3.05) is 13.1 Å². The molecule has 0 aliphatic carbocycles. The first-order chi connectivity index (χ1) is 27.8. The average molecular weight is 764 g/mol. The second kappa shape index (κ2) is 21.8. The van der Waals surface area contributed by atoms with E-state index in [0.29, 0.717) is 30.6 Å². The molecule has 296 valence electrons. The molecule has 7 aromatic carbocycles. The van der Waals surface area contributed by atoms with Crippen LogP contribution in [0.1, 0.15) is 74.8 Å². The Morgan fingerprint density at radius 1 is 0.474 bits per heavy atom. The number of nitrogens with zero attached hydrogens (tertiary/aromatic N) is 2. The van der Waals surface area contributed by atoms with Gasteiger partial charge in [0.15, 0.2) is 0 Å². The van der Waals surface area contributed by atoms with E-state index in [1.807, 2.05) is 50.2 Å². The molecule has 0 aromatic heterocycles. The third kappa shape index (κ3) is 11.3. The van der Waals surface area contributed by atoms with Gasteiger partial charge in [0.2, 0.25) is 0 Å². The van der Waals surface area contributed by atoms with Crippen LogP contribution in [0, 0.1) is 0 Å².